The lowest BCUT2D eigenvalue weighted by molar-refractivity contribution is -0.135. The van der Waals surface area contributed by atoms with Crippen molar-refractivity contribution < 1.29 is 18.0 Å². The predicted octanol–water partition coefficient (Wildman–Crippen LogP) is 3.58. The SMILES string of the molecule is CCNc1ccc(C(=O)NCCCCC(F)(F)F)cc1. The van der Waals surface area contributed by atoms with E-state index in [0.717, 1.165) is 12.2 Å². The number of benzene rings is 1. The minimum Gasteiger partial charge on any atom is -0.385 e. The molecule has 112 valence electrons. The summed E-state index contributed by atoms with van der Waals surface area (Å²) in [6, 6.07) is 6.95. The molecule has 2 N–H and O–H groups in total. The first kappa shape index (κ1) is 16.3. The van der Waals surface area contributed by atoms with E-state index >= 15 is 0 Å². The molecule has 0 aromatic heterocycles. The number of hydrogen-bond donors (Lipinski definition) is 2. The Morgan fingerprint density at radius 1 is 1.15 bits per heavy atom. The molecule has 1 amide bonds. The highest BCUT2D eigenvalue weighted by molar-refractivity contribution is 5.94. The summed E-state index contributed by atoms with van der Waals surface area (Å²) >= 11 is 0. The molecule has 1 aromatic carbocycles. The van der Waals surface area contributed by atoms with Gasteiger partial charge in [0.2, 0.25) is 0 Å². The second kappa shape index (κ2) is 7.77. The van der Waals surface area contributed by atoms with Gasteiger partial charge in [0, 0.05) is 30.8 Å². The van der Waals surface area contributed by atoms with E-state index in [0.29, 0.717) is 12.0 Å². The van der Waals surface area contributed by atoms with Crippen LogP contribution in [0.15, 0.2) is 24.3 Å². The monoisotopic (exact) mass is 288 g/mol. The third-order valence-electron chi connectivity index (χ3n) is 2.70. The highest BCUT2D eigenvalue weighted by Crippen LogP contribution is 2.21. The minimum atomic E-state index is -4.12. The van der Waals surface area contributed by atoms with Crippen LogP contribution in [0.3, 0.4) is 0 Å². The van der Waals surface area contributed by atoms with E-state index in [1.807, 2.05) is 6.92 Å². The summed E-state index contributed by atoms with van der Waals surface area (Å²) in [5.41, 5.74) is 1.43. The van der Waals surface area contributed by atoms with E-state index in [9.17, 15) is 18.0 Å². The number of unbranched alkanes of at least 4 members (excludes halogenated alkanes) is 1. The number of amides is 1. The Bertz CT molecular complexity index is 415. The highest BCUT2D eigenvalue weighted by atomic mass is 19.4. The van der Waals surface area contributed by atoms with Gasteiger partial charge in [-0.2, -0.15) is 13.2 Å². The first-order valence-electron chi connectivity index (χ1n) is 6.61. The lowest BCUT2D eigenvalue weighted by Gasteiger charge is -2.08. The molecule has 20 heavy (non-hydrogen) atoms. The normalized spacial score (nSPS) is 11.2. The lowest BCUT2D eigenvalue weighted by Crippen LogP contribution is -2.24. The number of halogens is 3. The summed E-state index contributed by atoms with van der Waals surface area (Å²) < 4.78 is 35.7. The van der Waals surface area contributed by atoms with Crippen molar-refractivity contribution in [1.29, 1.82) is 0 Å². The van der Waals surface area contributed by atoms with Gasteiger partial charge in [0.05, 0.1) is 0 Å². The average Bonchev–Trinajstić information content (AvgIpc) is 2.38. The maximum atomic E-state index is 11.9. The fraction of sp³-hybridized carbons (Fsp3) is 0.500. The number of nitrogens with one attached hydrogen (secondary N) is 2. The molecule has 0 bridgehead atoms. The zero-order valence-electron chi connectivity index (χ0n) is 11.4. The van der Waals surface area contributed by atoms with Gasteiger partial charge >= 0.3 is 6.18 Å². The molecule has 6 heteroatoms. The smallest absolute Gasteiger partial charge is 0.385 e. The minimum absolute atomic E-state index is 0.0309. The van der Waals surface area contributed by atoms with E-state index in [2.05, 4.69) is 10.6 Å². The van der Waals surface area contributed by atoms with Gasteiger partial charge in [-0.3, -0.25) is 4.79 Å². The van der Waals surface area contributed by atoms with Crippen LogP contribution in [0.5, 0.6) is 0 Å². The van der Waals surface area contributed by atoms with E-state index in [1.54, 1.807) is 24.3 Å². The highest BCUT2D eigenvalue weighted by Gasteiger charge is 2.25. The number of alkyl halides is 3. The maximum absolute atomic E-state index is 11.9. The van der Waals surface area contributed by atoms with Crippen LogP contribution in [0, 0.1) is 0 Å². The Hall–Kier alpha value is -1.72. The molecule has 0 aliphatic carbocycles. The van der Waals surface area contributed by atoms with Crippen molar-refractivity contribution in [3.8, 4) is 0 Å². The first-order chi connectivity index (χ1) is 9.42. The van der Waals surface area contributed by atoms with Crippen LogP contribution in [0.4, 0.5) is 18.9 Å². The van der Waals surface area contributed by atoms with Gasteiger partial charge < -0.3 is 10.6 Å². The molecule has 1 aromatic rings. The largest absolute Gasteiger partial charge is 0.389 e. The van der Waals surface area contributed by atoms with Gasteiger partial charge in [0.25, 0.3) is 5.91 Å². The third kappa shape index (κ3) is 6.45. The van der Waals surface area contributed by atoms with E-state index in [4.69, 9.17) is 0 Å². The standard InChI is InChI=1S/C14H19F3N2O/c1-2-18-12-7-5-11(6-8-12)13(20)19-10-4-3-9-14(15,16)17/h5-8,18H,2-4,9-10H2,1H3,(H,19,20). The summed E-state index contributed by atoms with van der Waals surface area (Å²) in [6.45, 7) is 3.02. The number of hydrogen-bond acceptors (Lipinski definition) is 2. The summed E-state index contributed by atoms with van der Waals surface area (Å²) in [5, 5.41) is 5.72. The number of carbonyl (C=O) groups excluding carboxylic acids is 1. The van der Waals surface area contributed by atoms with Crippen LogP contribution in [-0.2, 0) is 0 Å². The van der Waals surface area contributed by atoms with E-state index in [1.165, 1.54) is 0 Å². The van der Waals surface area contributed by atoms with Crippen molar-refractivity contribution >= 4 is 11.6 Å². The van der Waals surface area contributed by atoms with Crippen molar-refractivity contribution in [3.63, 3.8) is 0 Å². The Morgan fingerprint density at radius 3 is 2.35 bits per heavy atom. The number of anilines is 1. The fourth-order valence-electron chi connectivity index (χ4n) is 1.70. The van der Waals surface area contributed by atoms with Crippen LogP contribution < -0.4 is 10.6 Å². The van der Waals surface area contributed by atoms with Crippen LogP contribution in [-0.4, -0.2) is 25.2 Å². The van der Waals surface area contributed by atoms with Crippen molar-refractivity contribution in [2.75, 3.05) is 18.4 Å². The van der Waals surface area contributed by atoms with Crippen molar-refractivity contribution in [2.24, 2.45) is 0 Å². The fourth-order valence-corrected chi connectivity index (χ4v) is 1.70. The van der Waals surface area contributed by atoms with Gasteiger partial charge in [-0.15, -0.1) is 0 Å². The Labute approximate surface area is 116 Å². The Kier molecular flexibility index (Phi) is 6.35. The molecule has 0 unspecified atom stereocenters. The molecule has 1 rings (SSSR count). The molecule has 0 atom stereocenters. The predicted molar refractivity (Wildman–Crippen MR) is 72.8 cm³/mol. The van der Waals surface area contributed by atoms with Gasteiger partial charge in [-0.1, -0.05) is 0 Å². The van der Waals surface area contributed by atoms with Crippen molar-refractivity contribution in [2.45, 2.75) is 32.4 Å². The van der Waals surface area contributed by atoms with Crippen LogP contribution in [0.25, 0.3) is 0 Å². The first-order valence-corrected chi connectivity index (χ1v) is 6.61. The molecular formula is C14H19F3N2O. The molecule has 0 spiro atoms. The molecule has 0 saturated heterocycles. The van der Waals surface area contributed by atoms with E-state index < -0.39 is 12.6 Å². The average molecular weight is 288 g/mol. The summed E-state index contributed by atoms with van der Waals surface area (Å²) in [6.07, 6.45) is -4.57. The van der Waals surface area contributed by atoms with Gasteiger partial charge in [0.15, 0.2) is 0 Å². The van der Waals surface area contributed by atoms with Crippen LogP contribution >= 0.6 is 0 Å². The van der Waals surface area contributed by atoms with Crippen LogP contribution in [0.1, 0.15) is 36.5 Å². The Morgan fingerprint density at radius 2 is 1.80 bits per heavy atom. The quantitative estimate of drug-likeness (QED) is 0.753. The second-order valence-corrected chi connectivity index (χ2v) is 4.44. The molecule has 0 aliphatic rings. The molecule has 0 saturated carbocycles. The third-order valence-corrected chi connectivity index (χ3v) is 2.70. The summed E-state index contributed by atoms with van der Waals surface area (Å²) in [5.74, 6) is -0.264. The lowest BCUT2D eigenvalue weighted by atomic mass is 10.2. The summed E-state index contributed by atoms with van der Waals surface area (Å²) in [4.78, 5) is 11.7. The van der Waals surface area contributed by atoms with Gasteiger partial charge in [-0.25, -0.2) is 0 Å². The summed E-state index contributed by atoms with van der Waals surface area (Å²) in [7, 11) is 0. The van der Waals surface area contributed by atoms with Crippen LogP contribution in [0.2, 0.25) is 0 Å². The zero-order chi connectivity index (χ0) is 15.0. The molecule has 3 nitrogen and oxygen atoms in total. The van der Waals surface area contributed by atoms with Gasteiger partial charge in [-0.05, 0) is 44.0 Å². The molecular weight excluding hydrogens is 269 g/mol. The number of carbonyl (C=O) groups is 1. The zero-order valence-corrected chi connectivity index (χ0v) is 11.4. The van der Waals surface area contributed by atoms with Gasteiger partial charge in [0.1, 0.15) is 0 Å². The maximum Gasteiger partial charge on any atom is 0.389 e. The van der Waals surface area contributed by atoms with E-state index in [-0.39, 0.29) is 18.9 Å². The molecule has 0 heterocycles. The molecule has 0 aliphatic heterocycles. The Balaban J connectivity index is 2.28. The topological polar surface area (TPSA) is 41.1 Å². The molecule has 0 fully saturated rings. The molecule has 0 radical (unpaired) electrons. The van der Waals surface area contributed by atoms with Crippen molar-refractivity contribution in [1.82, 2.24) is 5.32 Å². The van der Waals surface area contributed by atoms with Crippen molar-refractivity contribution in [3.05, 3.63) is 29.8 Å². The number of rotatable bonds is 7. The second-order valence-electron chi connectivity index (χ2n) is 4.44.